The summed E-state index contributed by atoms with van der Waals surface area (Å²) in [5.41, 5.74) is -0.416. The molecule has 1 unspecified atom stereocenters. The van der Waals surface area contributed by atoms with E-state index in [0.717, 1.165) is 11.0 Å². The van der Waals surface area contributed by atoms with Crippen LogP contribution < -0.4 is 0 Å². The van der Waals surface area contributed by atoms with Crippen LogP contribution >= 0.6 is 15.9 Å². The lowest BCUT2D eigenvalue weighted by molar-refractivity contribution is -0.137. The molecule has 0 aliphatic carbocycles. The second-order valence-electron chi connectivity index (χ2n) is 7.46. The molecular formula is C19H15BrF5N5O. The molecule has 0 radical (unpaired) electrons. The Kier molecular flexibility index (Phi) is 5.23. The highest BCUT2D eigenvalue weighted by molar-refractivity contribution is 9.10. The number of hydrogen-bond acceptors (Lipinski definition) is 4. The van der Waals surface area contributed by atoms with Crippen LogP contribution in [0.2, 0.25) is 0 Å². The molecule has 4 rings (SSSR count). The zero-order valence-electron chi connectivity index (χ0n) is 16.0. The third kappa shape index (κ3) is 4.39. The largest absolute Gasteiger partial charge is 0.416 e. The first kappa shape index (κ1) is 21.6. The maximum absolute atomic E-state index is 14.6. The molecule has 1 aliphatic rings. The number of amides is 1. The Morgan fingerprint density at radius 3 is 2.68 bits per heavy atom. The third-order valence-corrected chi connectivity index (χ3v) is 5.45. The minimum atomic E-state index is -4.68. The van der Waals surface area contributed by atoms with Gasteiger partial charge < -0.3 is 4.90 Å². The summed E-state index contributed by atoms with van der Waals surface area (Å²) in [5.74, 6) is -4.71. The van der Waals surface area contributed by atoms with Crippen molar-refractivity contribution < 1.29 is 26.7 Å². The smallest absolute Gasteiger partial charge is 0.332 e. The van der Waals surface area contributed by atoms with E-state index in [1.54, 1.807) is 13.0 Å². The van der Waals surface area contributed by atoms with E-state index in [0.29, 0.717) is 17.5 Å². The van der Waals surface area contributed by atoms with E-state index < -0.39 is 42.5 Å². The number of carbonyl (C=O) groups excluding carboxylic acids is 1. The summed E-state index contributed by atoms with van der Waals surface area (Å²) >= 11 is 2.96. The number of alkyl halides is 5. The van der Waals surface area contributed by atoms with Gasteiger partial charge >= 0.3 is 6.18 Å². The summed E-state index contributed by atoms with van der Waals surface area (Å²) in [5, 5.41) is 4.02. The lowest BCUT2D eigenvalue weighted by Gasteiger charge is -2.37. The second-order valence-corrected chi connectivity index (χ2v) is 8.38. The standard InChI is InChI=1S/C19H15BrF5N5O/c1-10-2-15(30-17(28-10)26-9-27-30)12-6-18(21,22)8-29(7-12)16(31)11-3-13(19(23,24)25)5-14(20)4-11/h2-5,9,12H,6-8H2,1H3. The number of rotatable bonds is 2. The van der Waals surface area contributed by atoms with Gasteiger partial charge in [-0.3, -0.25) is 4.79 Å². The molecule has 1 aliphatic heterocycles. The number of carbonyl (C=O) groups is 1. The number of likely N-dealkylation sites (tertiary alicyclic amines) is 1. The Morgan fingerprint density at radius 1 is 1.23 bits per heavy atom. The monoisotopic (exact) mass is 503 g/mol. The van der Waals surface area contributed by atoms with Crippen LogP contribution in [0.3, 0.4) is 0 Å². The number of nitrogens with zero attached hydrogens (tertiary/aromatic N) is 5. The molecule has 0 bridgehead atoms. The van der Waals surface area contributed by atoms with Gasteiger partial charge in [0.05, 0.1) is 17.8 Å². The van der Waals surface area contributed by atoms with Crippen LogP contribution in [-0.2, 0) is 6.18 Å². The van der Waals surface area contributed by atoms with Gasteiger partial charge in [-0.25, -0.2) is 18.3 Å². The maximum Gasteiger partial charge on any atom is 0.416 e. The number of benzene rings is 1. The van der Waals surface area contributed by atoms with E-state index in [1.807, 2.05) is 0 Å². The van der Waals surface area contributed by atoms with Crippen molar-refractivity contribution in [3.05, 3.63) is 57.6 Å². The number of piperidine rings is 1. The van der Waals surface area contributed by atoms with Gasteiger partial charge in [-0.2, -0.15) is 23.3 Å². The molecule has 1 fully saturated rings. The normalized spacial score (nSPS) is 19.1. The van der Waals surface area contributed by atoms with E-state index >= 15 is 0 Å². The summed E-state index contributed by atoms with van der Waals surface area (Å²) < 4.78 is 69.9. The van der Waals surface area contributed by atoms with Crippen LogP contribution in [0.15, 0.2) is 35.1 Å². The molecule has 1 aromatic carbocycles. The Morgan fingerprint density at radius 2 is 1.97 bits per heavy atom. The fourth-order valence-corrected chi connectivity index (χ4v) is 4.25. The molecule has 2 aromatic heterocycles. The number of halogens is 6. The highest BCUT2D eigenvalue weighted by Crippen LogP contribution is 2.38. The molecule has 6 nitrogen and oxygen atoms in total. The fourth-order valence-electron chi connectivity index (χ4n) is 3.76. The number of aromatic nitrogens is 4. The summed E-state index contributed by atoms with van der Waals surface area (Å²) in [6, 6.07) is 4.27. The molecule has 3 heterocycles. The van der Waals surface area contributed by atoms with Gasteiger partial charge in [0, 0.05) is 34.6 Å². The van der Waals surface area contributed by atoms with E-state index in [2.05, 4.69) is 31.0 Å². The van der Waals surface area contributed by atoms with Crippen LogP contribution in [0.25, 0.3) is 5.78 Å². The molecule has 0 spiro atoms. The average molecular weight is 504 g/mol. The quantitative estimate of drug-likeness (QED) is 0.483. The molecule has 12 heteroatoms. The SMILES string of the molecule is Cc1cc(C2CN(C(=O)c3cc(Br)cc(C(F)(F)F)c3)CC(F)(F)C2)n2ncnc2n1. The van der Waals surface area contributed by atoms with E-state index in [9.17, 15) is 26.7 Å². The van der Waals surface area contributed by atoms with Gasteiger partial charge in [-0.05, 0) is 31.2 Å². The van der Waals surface area contributed by atoms with Crippen molar-refractivity contribution in [2.75, 3.05) is 13.1 Å². The van der Waals surface area contributed by atoms with Gasteiger partial charge in [-0.1, -0.05) is 15.9 Å². The molecule has 0 saturated carbocycles. The summed E-state index contributed by atoms with van der Waals surface area (Å²) in [6.45, 7) is 0.684. The Bertz CT molecular complexity index is 1160. The predicted molar refractivity (Wildman–Crippen MR) is 103 cm³/mol. The Labute approximate surface area is 181 Å². The summed E-state index contributed by atoms with van der Waals surface area (Å²) in [4.78, 5) is 22.0. The highest BCUT2D eigenvalue weighted by atomic mass is 79.9. The Hall–Kier alpha value is -2.63. The molecule has 1 saturated heterocycles. The van der Waals surface area contributed by atoms with E-state index in [-0.39, 0.29) is 22.4 Å². The minimum Gasteiger partial charge on any atom is -0.332 e. The van der Waals surface area contributed by atoms with Crippen molar-refractivity contribution >= 4 is 27.6 Å². The molecule has 0 N–H and O–H groups in total. The second kappa shape index (κ2) is 7.50. The molecule has 1 atom stereocenters. The molecule has 3 aromatic rings. The van der Waals surface area contributed by atoms with Crippen LogP contribution in [0.4, 0.5) is 22.0 Å². The van der Waals surface area contributed by atoms with Crippen molar-refractivity contribution in [2.24, 2.45) is 0 Å². The zero-order chi connectivity index (χ0) is 22.6. The van der Waals surface area contributed by atoms with Crippen LogP contribution in [0.1, 0.15) is 39.6 Å². The topological polar surface area (TPSA) is 63.4 Å². The number of fused-ring (bicyclic) bond motifs is 1. The molecular weight excluding hydrogens is 489 g/mol. The van der Waals surface area contributed by atoms with Crippen molar-refractivity contribution in [1.82, 2.24) is 24.5 Å². The average Bonchev–Trinajstić information content (AvgIpc) is 3.12. The van der Waals surface area contributed by atoms with Gasteiger partial charge in [0.25, 0.3) is 17.6 Å². The summed E-state index contributed by atoms with van der Waals surface area (Å²) in [6.07, 6.45) is -3.97. The van der Waals surface area contributed by atoms with E-state index in [4.69, 9.17) is 0 Å². The molecule has 164 valence electrons. The summed E-state index contributed by atoms with van der Waals surface area (Å²) in [7, 11) is 0. The maximum atomic E-state index is 14.6. The van der Waals surface area contributed by atoms with Gasteiger partial charge in [0.1, 0.15) is 6.33 Å². The van der Waals surface area contributed by atoms with Crippen LogP contribution in [0.5, 0.6) is 0 Å². The van der Waals surface area contributed by atoms with E-state index in [1.165, 1.54) is 16.9 Å². The van der Waals surface area contributed by atoms with Gasteiger partial charge in [0.2, 0.25) is 0 Å². The molecule has 1 amide bonds. The minimum absolute atomic E-state index is 0.0278. The lowest BCUT2D eigenvalue weighted by Crippen LogP contribution is -2.49. The van der Waals surface area contributed by atoms with Crippen LogP contribution in [0, 0.1) is 6.92 Å². The van der Waals surface area contributed by atoms with Crippen molar-refractivity contribution in [3.8, 4) is 0 Å². The number of aryl methyl sites for hydroxylation is 1. The predicted octanol–water partition coefficient (Wildman–Crippen LogP) is 4.48. The first-order valence-electron chi connectivity index (χ1n) is 9.15. The fraction of sp³-hybridized carbons (Fsp3) is 0.368. The van der Waals surface area contributed by atoms with Crippen LogP contribution in [-0.4, -0.2) is 49.4 Å². The zero-order valence-corrected chi connectivity index (χ0v) is 17.6. The number of hydrogen-bond donors (Lipinski definition) is 0. The lowest BCUT2D eigenvalue weighted by atomic mass is 9.91. The first-order chi connectivity index (χ1) is 14.4. The van der Waals surface area contributed by atoms with Crippen molar-refractivity contribution in [1.29, 1.82) is 0 Å². The first-order valence-corrected chi connectivity index (χ1v) is 9.94. The van der Waals surface area contributed by atoms with Gasteiger partial charge in [0.15, 0.2) is 0 Å². The highest BCUT2D eigenvalue weighted by Gasteiger charge is 2.44. The van der Waals surface area contributed by atoms with Gasteiger partial charge in [-0.15, -0.1) is 0 Å². The van der Waals surface area contributed by atoms with Crippen molar-refractivity contribution in [3.63, 3.8) is 0 Å². The van der Waals surface area contributed by atoms with Crippen molar-refractivity contribution in [2.45, 2.75) is 31.4 Å². The third-order valence-electron chi connectivity index (χ3n) is 4.99. The molecule has 31 heavy (non-hydrogen) atoms. The Balaban J connectivity index is 1.70.